The van der Waals surface area contributed by atoms with Crippen molar-refractivity contribution in [2.24, 2.45) is 11.8 Å². The number of para-hydroxylation sites is 1. The fourth-order valence-corrected chi connectivity index (χ4v) is 9.49. The summed E-state index contributed by atoms with van der Waals surface area (Å²) >= 11 is 8.17. The highest BCUT2D eigenvalue weighted by Crippen LogP contribution is 2.61. The maximum absolute atomic E-state index is 14.7. The fraction of sp³-hybridized carbons (Fsp3) is 0.424. The van der Waals surface area contributed by atoms with E-state index in [0.717, 1.165) is 17.0 Å². The Morgan fingerprint density at radius 3 is 2.44 bits per heavy atom. The van der Waals surface area contributed by atoms with Crippen LogP contribution in [0.2, 0.25) is 5.02 Å². The van der Waals surface area contributed by atoms with Crippen molar-refractivity contribution in [1.82, 2.24) is 4.90 Å². The molecule has 3 amide bonds. The van der Waals surface area contributed by atoms with Crippen molar-refractivity contribution in [3.63, 3.8) is 0 Å². The topological polar surface area (TPSA) is 90.4 Å². The van der Waals surface area contributed by atoms with Crippen molar-refractivity contribution in [2.75, 3.05) is 36.1 Å². The molecule has 1 N–H and O–H groups in total. The van der Waals surface area contributed by atoms with Crippen molar-refractivity contribution in [3.05, 3.63) is 77.4 Å². The SMILES string of the molecule is CCOc1ccc(N2CC=C[C@H]3S[C@]45C=CCN(c6c(C)cccc6Cl)C(=O)C4N([C@@H](CC)CO)C(=O)[C@@H]5[C@H]3C2=O)cc1. The number of likely N-dealkylation sites (tertiary alicyclic amines) is 1. The van der Waals surface area contributed by atoms with Crippen molar-refractivity contribution >= 4 is 52.5 Å². The number of aliphatic hydroxyl groups excluding tert-OH is 1. The second-order valence-electron chi connectivity index (χ2n) is 11.4. The highest BCUT2D eigenvalue weighted by molar-refractivity contribution is 8.02. The summed E-state index contributed by atoms with van der Waals surface area (Å²) < 4.78 is 4.60. The summed E-state index contributed by atoms with van der Waals surface area (Å²) in [6.45, 7) is 6.64. The molecule has 4 aliphatic heterocycles. The van der Waals surface area contributed by atoms with Gasteiger partial charge in [-0.15, -0.1) is 11.8 Å². The van der Waals surface area contributed by atoms with Crippen LogP contribution in [0.3, 0.4) is 0 Å². The average Bonchev–Trinajstić information content (AvgIpc) is 3.31. The number of halogens is 1. The van der Waals surface area contributed by atoms with E-state index in [-0.39, 0.29) is 36.1 Å². The molecule has 8 nitrogen and oxygen atoms in total. The van der Waals surface area contributed by atoms with Crippen molar-refractivity contribution in [2.45, 2.75) is 49.3 Å². The number of benzene rings is 2. The zero-order valence-electron chi connectivity index (χ0n) is 24.5. The van der Waals surface area contributed by atoms with Crippen molar-refractivity contribution in [3.8, 4) is 5.75 Å². The zero-order valence-corrected chi connectivity index (χ0v) is 26.1. The van der Waals surface area contributed by atoms with E-state index < -0.39 is 28.7 Å². The van der Waals surface area contributed by atoms with E-state index in [1.165, 1.54) is 11.8 Å². The summed E-state index contributed by atoms with van der Waals surface area (Å²) in [6, 6.07) is 11.4. The number of aryl methyl sites for hydroxylation is 1. The number of aliphatic hydroxyl groups is 1. The van der Waals surface area contributed by atoms with Crippen LogP contribution in [0, 0.1) is 18.8 Å². The molecule has 2 saturated heterocycles. The number of rotatable bonds is 7. The second kappa shape index (κ2) is 11.7. The Bertz CT molecular complexity index is 1470. The molecule has 1 unspecified atom stereocenters. The first-order valence-corrected chi connectivity index (χ1v) is 16.1. The maximum atomic E-state index is 14.7. The lowest BCUT2D eigenvalue weighted by Crippen LogP contribution is -2.56. The van der Waals surface area contributed by atoms with Crippen LogP contribution in [0.5, 0.6) is 5.75 Å². The molecule has 0 saturated carbocycles. The molecule has 0 aliphatic carbocycles. The minimum Gasteiger partial charge on any atom is -0.494 e. The lowest BCUT2D eigenvalue weighted by Gasteiger charge is -2.38. The Morgan fingerprint density at radius 2 is 1.77 bits per heavy atom. The van der Waals surface area contributed by atoms with E-state index in [2.05, 4.69) is 0 Å². The minimum atomic E-state index is -0.988. The fourth-order valence-electron chi connectivity index (χ4n) is 7.17. The predicted octanol–water partition coefficient (Wildman–Crippen LogP) is 4.62. The van der Waals surface area contributed by atoms with Crippen LogP contribution in [0.15, 0.2) is 66.8 Å². The third-order valence-electron chi connectivity index (χ3n) is 9.09. The Kier molecular flexibility index (Phi) is 8.08. The number of carbonyl (C=O) groups excluding carboxylic acids is 3. The summed E-state index contributed by atoms with van der Waals surface area (Å²) in [5.41, 5.74) is 2.18. The van der Waals surface area contributed by atoms with E-state index in [0.29, 0.717) is 30.3 Å². The molecular weight excluding hydrogens is 586 g/mol. The number of carbonyl (C=O) groups is 3. The minimum absolute atomic E-state index is 0.150. The number of hydrogen-bond donors (Lipinski definition) is 1. The summed E-state index contributed by atoms with van der Waals surface area (Å²) in [4.78, 5) is 48.7. The van der Waals surface area contributed by atoms with Crippen LogP contribution >= 0.6 is 23.4 Å². The highest BCUT2D eigenvalue weighted by Gasteiger charge is 2.71. The number of fused-ring (bicyclic) bond motifs is 2. The van der Waals surface area contributed by atoms with Gasteiger partial charge in [-0.1, -0.05) is 55.0 Å². The molecule has 0 bridgehead atoms. The van der Waals surface area contributed by atoms with Crippen LogP contribution in [0.4, 0.5) is 11.4 Å². The molecule has 2 aromatic rings. The van der Waals surface area contributed by atoms with Gasteiger partial charge < -0.3 is 24.5 Å². The van der Waals surface area contributed by atoms with Crippen LogP contribution in [0.25, 0.3) is 0 Å². The Labute approximate surface area is 261 Å². The molecule has 6 atom stereocenters. The Balaban J connectivity index is 1.44. The highest BCUT2D eigenvalue weighted by atomic mass is 35.5. The largest absolute Gasteiger partial charge is 0.494 e. The monoisotopic (exact) mass is 621 g/mol. The molecule has 43 heavy (non-hydrogen) atoms. The summed E-state index contributed by atoms with van der Waals surface area (Å²) in [7, 11) is 0. The van der Waals surface area contributed by atoms with Gasteiger partial charge in [-0.25, -0.2) is 0 Å². The standard InChI is InChI=1S/C33H36ClN3O5S/c1-4-21(19-38)37-29-32(41)36(28-20(3)9-6-10-24(28)34)18-8-16-33(29)27(31(37)40)26-25(43-33)11-7-17-35(30(26)39)22-12-14-23(15-13-22)42-5-2/h6-16,21,25-27,29,38H,4-5,17-19H2,1-3H3/t21-,25+,26-,27-,29?,33-/m0/s1. The van der Waals surface area contributed by atoms with E-state index in [9.17, 15) is 19.5 Å². The first kappa shape index (κ1) is 29.8. The van der Waals surface area contributed by atoms with Gasteiger partial charge in [0.05, 0.1) is 46.5 Å². The number of amides is 3. The first-order chi connectivity index (χ1) is 20.8. The number of hydrogen-bond acceptors (Lipinski definition) is 6. The molecule has 4 heterocycles. The predicted molar refractivity (Wildman–Crippen MR) is 170 cm³/mol. The molecule has 226 valence electrons. The van der Waals surface area contributed by atoms with Crippen molar-refractivity contribution in [1.29, 1.82) is 0 Å². The van der Waals surface area contributed by atoms with Gasteiger partial charge in [0, 0.05) is 24.0 Å². The van der Waals surface area contributed by atoms with Gasteiger partial charge >= 0.3 is 0 Å². The van der Waals surface area contributed by atoms with Gasteiger partial charge in [0.15, 0.2) is 0 Å². The first-order valence-electron chi connectivity index (χ1n) is 14.8. The molecule has 6 rings (SSSR count). The summed E-state index contributed by atoms with van der Waals surface area (Å²) in [5.74, 6) is -1.41. The number of anilines is 2. The smallest absolute Gasteiger partial charge is 0.251 e. The third-order valence-corrected chi connectivity index (χ3v) is 11.1. The van der Waals surface area contributed by atoms with Gasteiger partial charge in [0.1, 0.15) is 11.8 Å². The molecule has 2 aromatic carbocycles. The maximum Gasteiger partial charge on any atom is 0.251 e. The van der Waals surface area contributed by atoms with Gasteiger partial charge in [0.2, 0.25) is 11.8 Å². The summed E-state index contributed by atoms with van der Waals surface area (Å²) in [5, 5.41) is 10.6. The summed E-state index contributed by atoms with van der Waals surface area (Å²) in [6.07, 6.45) is 8.38. The Hall–Kier alpha value is -3.27. The quantitative estimate of drug-likeness (QED) is 0.454. The van der Waals surface area contributed by atoms with Crippen LogP contribution in [0.1, 0.15) is 25.8 Å². The van der Waals surface area contributed by atoms with Crippen LogP contribution in [-0.2, 0) is 14.4 Å². The molecule has 2 fully saturated rings. The lowest BCUT2D eigenvalue weighted by molar-refractivity contribution is -0.141. The average molecular weight is 622 g/mol. The molecular formula is C33H36ClN3O5S. The zero-order chi connectivity index (χ0) is 30.5. The van der Waals surface area contributed by atoms with E-state index in [1.807, 2.05) is 81.5 Å². The molecule has 10 heteroatoms. The van der Waals surface area contributed by atoms with Gasteiger partial charge in [-0.3, -0.25) is 14.4 Å². The number of ether oxygens (including phenoxy) is 1. The molecule has 4 aliphatic rings. The normalized spacial score (nSPS) is 28.9. The van der Waals surface area contributed by atoms with Gasteiger partial charge in [-0.05, 0) is 56.2 Å². The van der Waals surface area contributed by atoms with Gasteiger partial charge in [0.25, 0.3) is 5.91 Å². The van der Waals surface area contributed by atoms with E-state index in [1.54, 1.807) is 20.8 Å². The molecule has 0 radical (unpaired) electrons. The van der Waals surface area contributed by atoms with E-state index >= 15 is 0 Å². The second-order valence-corrected chi connectivity index (χ2v) is 13.3. The van der Waals surface area contributed by atoms with E-state index in [4.69, 9.17) is 16.3 Å². The van der Waals surface area contributed by atoms with Crippen LogP contribution < -0.4 is 14.5 Å². The lowest BCUT2D eigenvalue weighted by atomic mass is 9.78. The molecule has 1 spiro atoms. The Morgan fingerprint density at radius 1 is 1.02 bits per heavy atom. The molecule has 0 aromatic heterocycles. The van der Waals surface area contributed by atoms with Crippen molar-refractivity contribution < 1.29 is 24.2 Å². The number of nitrogens with zero attached hydrogens (tertiary/aromatic N) is 3. The number of thioether (sulfide) groups is 1. The van der Waals surface area contributed by atoms with Crippen LogP contribution in [-0.4, -0.2) is 76.1 Å². The van der Waals surface area contributed by atoms with Gasteiger partial charge in [-0.2, -0.15) is 0 Å². The third kappa shape index (κ3) is 4.67.